The van der Waals surface area contributed by atoms with Crippen molar-refractivity contribution in [3.8, 4) is 5.75 Å². The topological polar surface area (TPSA) is 34.2 Å². The first-order valence-corrected chi connectivity index (χ1v) is 7.39. The minimum Gasteiger partial charge on any atom is -0.496 e. The Morgan fingerprint density at radius 2 is 2.16 bits per heavy atom. The molecule has 0 radical (unpaired) electrons. The average molecular weight is 276 g/mol. The van der Waals surface area contributed by atoms with Crippen LogP contribution >= 0.6 is 11.3 Å². The van der Waals surface area contributed by atoms with Crippen molar-refractivity contribution in [2.45, 2.75) is 26.3 Å². The van der Waals surface area contributed by atoms with Gasteiger partial charge in [0.1, 0.15) is 5.75 Å². The van der Waals surface area contributed by atoms with Crippen LogP contribution in [0, 0.1) is 6.92 Å². The number of benzene rings is 1. The lowest BCUT2D eigenvalue weighted by molar-refractivity contribution is 0.399. The van der Waals surface area contributed by atoms with Gasteiger partial charge in [-0.25, -0.2) is 4.98 Å². The molecule has 1 N–H and O–H groups in total. The van der Waals surface area contributed by atoms with Gasteiger partial charge in [-0.3, -0.25) is 0 Å². The molecule has 0 aliphatic rings. The summed E-state index contributed by atoms with van der Waals surface area (Å²) in [4.78, 5) is 4.55. The lowest BCUT2D eigenvalue weighted by Gasteiger charge is -2.19. The summed E-state index contributed by atoms with van der Waals surface area (Å²) in [5.41, 5.74) is 2.33. The van der Waals surface area contributed by atoms with Crippen molar-refractivity contribution >= 4 is 11.3 Å². The molecule has 3 nitrogen and oxygen atoms in total. The van der Waals surface area contributed by atoms with E-state index in [2.05, 4.69) is 34.7 Å². The fraction of sp³-hybridized carbons (Fsp3) is 0.400. The largest absolute Gasteiger partial charge is 0.496 e. The van der Waals surface area contributed by atoms with Crippen LogP contribution in [0.2, 0.25) is 0 Å². The molecule has 1 atom stereocenters. The Morgan fingerprint density at radius 3 is 2.79 bits per heavy atom. The first-order chi connectivity index (χ1) is 9.24. The third-order valence-electron chi connectivity index (χ3n) is 3.04. The second-order valence-electron chi connectivity index (χ2n) is 4.41. The van der Waals surface area contributed by atoms with E-state index in [0.717, 1.165) is 29.4 Å². The number of rotatable bonds is 6. The van der Waals surface area contributed by atoms with Crippen LogP contribution in [0.3, 0.4) is 0 Å². The second kappa shape index (κ2) is 6.68. The number of para-hydroxylation sites is 1. The zero-order valence-electron chi connectivity index (χ0n) is 11.6. The third kappa shape index (κ3) is 3.55. The zero-order chi connectivity index (χ0) is 13.7. The number of hydrogen-bond donors (Lipinski definition) is 1. The smallest absolute Gasteiger partial charge is 0.123 e. The van der Waals surface area contributed by atoms with Gasteiger partial charge < -0.3 is 10.1 Å². The van der Waals surface area contributed by atoms with E-state index in [1.165, 1.54) is 5.56 Å². The van der Waals surface area contributed by atoms with Crippen LogP contribution in [0.1, 0.15) is 29.2 Å². The number of hydrogen-bond acceptors (Lipinski definition) is 4. The Labute approximate surface area is 118 Å². The lowest BCUT2D eigenvalue weighted by Crippen LogP contribution is -2.23. The molecule has 2 rings (SSSR count). The Bertz CT molecular complexity index is 524. The summed E-state index contributed by atoms with van der Waals surface area (Å²) in [6, 6.07) is 8.41. The SMILES string of the molecule is CCNC(Cc1csc(C)n1)c1ccccc1OC. The van der Waals surface area contributed by atoms with Crippen LogP contribution in [0.4, 0.5) is 0 Å². The molecule has 0 saturated heterocycles. The molecular weight excluding hydrogens is 256 g/mol. The first kappa shape index (κ1) is 14.0. The summed E-state index contributed by atoms with van der Waals surface area (Å²) >= 11 is 1.70. The van der Waals surface area contributed by atoms with Gasteiger partial charge in [0.05, 0.1) is 17.8 Å². The van der Waals surface area contributed by atoms with E-state index in [1.807, 2.05) is 19.1 Å². The summed E-state index contributed by atoms with van der Waals surface area (Å²) in [5, 5.41) is 6.77. The molecule has 1 heterocycles. The van der Waals surface area contributed by atoms with E-state index in [9.17, 15) is 0 Å². The highest BCUT2D eigenvalue weighted by molar-refractivity contribution is 7.09. The van der Waals surface area contributed by atoms with Crippen LogP contribution in [0.15, 0.2) is 29.6 Å². The van der Waals surface area contributed by atoms with Gasteiger partial charge in [-0.1, -0.05) is 25.1 Å². The number of ether oxygens (including phenoxy) is 1. The number of likely N-dealkylation sites (N-methyl/N-ethyl adjacent to an activating group) is 1. The molecule has 1 aromatic heterocycles. The van der Waals surface area contributed by atoms with Gasteiger partial charge in [-0.15, -0.1) is 11.3 Å². The molecule has 1 aromatic carbocycles. The maximum atomic E-state index is 5.46. The molecule has 0 fully saturated rings. The number of nitrogens with zero attached hydrogens (tertiary/aromatic N) is 1. The highest BCUT2D eigenvalue weighted by atomic mass is 32.1. The molecule has 2 aromatic rings. The molecule has 19 heavy (non-hydrogen) atoms. The van der Waals surface area contributed by atoms with Crippen molar-refractivity contribution in [2.24, 2.45) is 0 Å². The molecule has 0 aliphatic heterocycles. The summed E-state index contributed by atoms with van der Waals surface area (Å²) in [5.74, 6) is 0.931. The molecule has 1 unspecified atom stereocenters. The van der Waals surface area contributed by atoms with E-state index in [-0.39, 0.29) is 6.04 Å². The van der Waals surface area contributed by atoms with Crippen molar-refractivity contribution in [1.82, 2.24) is 10.3 Å². The summed E-state index contributed by atoms with van der Waals surface area (Å²) in [6.07, 6.45) is 0.887. The minimum absolute atomic E-state index is 0.239. The van der Waals surface area contributed by atoms with Crippen molar-refractivity contribution in [3.05, 3.63) is 45.9 Å². The van der Waals surface area contributed by atoms with Gasteiger partial charge in [0, 0.05) is 23.4 Å². The number of aryl methyl sites for hydroxylation is 1. The molecule has 0 aliphatic carbocycles. The van der Waals surface area contributed by atoms with Crippen LogP contribution in [-0.2, 0) is 6.42 Å². The summed E-state index contributed by atoms with van der Waals surface area (Å²) in [6.45, 7) is 5.08. The molecule has 0 bridgehead atoms. The van der Waals surface area contributed by atoms with E-state index in [1.54, 1.807) is 18.4 Å². The van der Waals surface area contributed by atoms with E-state index < -0.39 is 0 Å². The molecule has 0 spiro atoms. The quantitative estimate of drug-likeness (QED) is 0.878. The molecule has 4 heteroatoms. The predicted molar refractivity (Wildman–Crippen MR) is 80.0 cm³/mol. The van der Waals surface area contributed by atoms with Crippen LogP contribution < -0.4 is 10.1 Å². The van der Waals surface area contributed by atoms with Crippen LogP contribution in [-0.4, -0.2) is 18.6 Å². The van der Waals surface area contributed by atoms with Gasteiger partial charge in [0.25, 0.3) is 0 Å². The average Bonchev–Trinajstić information content (AvgIpc) is 2.84. The van der Waals surface area contributed by atoms with Gasteiger partial charge in [0.15, 0.2) is 0 Å². The van der Waals surface area contributed by atoms with Crippen molar-refractivity contribution in [1.29, 1.82) is 0 Å². The minimum atomic E-state index is 0.239. The Kier molecular flexibility index (Phi) is 4.93. The Hall–Kier alpha value is -1.39. The molecule has 0 amide bonds. The van der Waals surface area contributed by atoms with Gasteiger partial charge in [-0.2, -0.15) is 0 Å². The summed E-state index contributed by atoms with van der Waals surface area (Å²) in [7, 11) is 1.72. The molecule has 0 saturated carbocycles. The van der Waals surface area contributed by atoms with Gasteiger partial charge in [-0.05, 0) is 19.5 Å². The second-order valence-corrected chi connectivity index (χ2v) is 5.48. The number of thiazole rings is 1. The zero-order valence-corrected chi connectivity index (χ0v) is 12.5. The highest BCUT2D eigenvalue weighted by Crippen LogP contribution is 2.27. The molecule has 102 valence electrons. The van der Waals surface area contributed by atoms with E-state index >= 15 is 0 Å². The Morgan fingerprint density at radius 1 is 1.37 bits per heavy atom. The summed E-state index contributed by atoms with van der Waals surface area (Å²) < 4.78 is 5.46. The van der Waals surface area contributed by atoms with Crippen molar-refractivity contribution < 1.29 is 4.74 Å². The van der Waals surface area contributed by atoms with Crippen LogP contribution in [0.5, 0.6) is 5.75 Å². The van der Waals surface area contributed by atoms with Crippen molar-refractivity contribution in [2.75, 3.05) is 13.7 Å². The van der Waals surface area contributed by atoms with E-state index in [4.69, 9.17) is 4.74 Å². The first-order valence-electron chi connectivity index (χ1n) is 6.52. The monoisotopic (exact) mass is 276 g/mol. The number of nitrogens with one attached hydrogen (secondary N) is 1. The van der Waals surface area contributed by atoms with Gasteiger partial charge >= 0.3 is 0 Å². The van der Waals surface area contributed by atoms with Crippen LogP contribution in [0.25, 0.3) is 0 Å². The maximum Gasteiger partial charge on any atom is 0.123 e. The maximum absolute atomic E-state index is 5.46. The Balaban J connectivity index is 2.23. The van der Waals surface area contributed by atoms with E-state index in [0.29, 0.717) is 0 Å². The predicted octanol–water partition coefficient (Wildman–Crippen LogP) is 3.35. The normalized spacial score (nSPS) is 12.4. The number of methoxy groups -OCH3 is 1. The van der Waals surface area contributed by atoms with Gasteiger partial charge in [0.2, 0.25) is 0 Å². The standard InChI is InChI=1S/C15H20N2OS/c1-4-16-14(9-12-10-19-11(2)17-12)13-7-5-6-8-15(13)18-3/h5-8,10,14,16H,4,9H2,1-3H3. The molecular formula is C15H20N2OS. The fourth-order valence-electron chi connectivity index (χ4n) is 2.20. The fourth-order valence-corrected chi connectivity index (χ4v) is 2.83. The number of aromatic nitrogens is 1. The van der Waals surface area contributed by atoms with Crippen molar-refractivity contribution in [3.63, 3.8) is 0 Å². The third-order valence-corrected chi connectivity index (χ3v) is 3.87. The highest BCUT2D eigenvalue weighted by Gasteiger charge is 2.16. The lowest BCUT2D eigenvalue weighted by atomic mass is 10.0.